The normalized spacial score (nSPS) is 11.0. The van der Waals surface area contributed by atoms with Crippen molar-refractivity contribution >= 4 is 41.5 Å². The van der Waals surface area contributed by atoms with Crippen molar-refractivity contribution in [1.82, 2.24) is 15.4 Å². The molecule has 1 aromatic heterocycles. The predicted molar refractivity (Wildman–Crippen MR) is 99.8 cm³/mol. The minimum atomic E-state index is 0. The van der Waals surface area contributed by atoms with Gasteiger partial charge in [-0.15, -0.1) is 24.0 Å². The number of aromatic nitrogens is 1. The third kappa shape index (κ3) is 5.49. The van der Waals surface area contributed by atoms with Crippen LogP contribution in [0.4, 0.5) is 0 Å². The number of nitrogens with one attached hydrogen (secondary N) is 1. The van der Waals surface area contributed by atoms with E-state index in [1.54, 1.807) is 7.05 Å². The van der Waals surface area contributed by atoms with Crippen molar-refractivity contribution < 1.29 is 4.52 Å². The Balaban J connectivity index is 0.00000242. The zero-order valence-electron chi connectivity index (χ0n) is 12.8. The van der Waals surface area contributed by atoms with Crippen molar-refractivity contribution in [2.75, 3.05) is 14.1 Å². The number of benzene rings is 1. The van der Waals surface area contributed by atoms with E-state index >= 15 is 0 Å². The van der Waals surface area contributed by atoms with E-state index < -0.39 is 0 Å². The zero-order valence-corrected chi connectivity index (χ0v) is 15.9. The average molecular weight is 435 g/mol. The number of guanidine groups is 1. The molecule has 0 aliphatic carbocycles. The van der Waals surface area contributed by atoms with Gasteiger partial charge in [-0.3, -0.25) is 4.99 Å². The van der Waals surface area contributed by atoms with Crippen molar-refractivity contribution in [3.05, 3.63) is 52.4 Å². The number of aliphatic imine (C=N–C) groups is 1. The SMILES string of the molecule is CN=C(NCc1cc(C)no1)N(C)Cc1ccc(Cl)cc1.I. The minimum Gasteiger partial charge on any atom is -0.359 e. The number of hydrogen-bond acceptors (Lipinski definition) is 3. The standard InChI is InChI=1S/C15H19ClN4O.HI/c1-11-8-14(21-19-11)9-18-15(17-2)20(3)10-12-4-6-13(16)7-5-12;/h4-8H,9-10H2,1-3H3,(H,17,18);1H. The Hall–Kier alpha value is -1.28. The molecule has 0 unspecified atom stereocenters. The van der Waals surface area contributed by atoms with Crippen molar-refractivity contribution in [2.24, 2.45) is 4.99 Å². The molecule has 0 saturated carbocycles. The van der Waals surface area contributed by atoms with Gasteiger partial charge in [0.15, 0.2) is 11.7 Å². The molecule has 22 heavy (non-hydrogen) atoms. The lowest BCUT2D eigenvalue weighted by Gasteiger charge is -2.21. The number of hydrogen-bond donors (Lipinski definition) is 1. The van der Waals surface area contributed by atoms with Crippen LogP contribution in [0.25, 0.3) is 0 Å². The van der Waals surface area contributed by atoms with Crippen LogP contribution < -0.4 is 5.32 Å². The van der Waals surface area contributed by atoms with Gasteiger partial charge in [0.05, 0.1) is 12.2 Å². The molecule has 120 valence electrons. The predicted octanol–water partition coefficient (Wildman–Crippen LogP) is 3.46. The summed E-state index contributed by atoms with van der Waals surface area (Å²) in [5.41, 5.74) is 2.04. The molecule has 1 heterocycles. The highest BCUT2D eigenvalue weighted by molar-refractivity contribution is 14.0. The van der Waals surface area contributed by atoms with Crippen LogP contribution in [0.3, 0.4) is 0 Å². The minimum absolute atomic E-state index is 0. The van der Waals surface area contributed by atoms with Crippen LogP contribution in [0.5, 0.6) is 0 Å². The molecule has 0 aliphatic rings. The second-order valence-electron chi connectivity index (χ2n) is 4.82. The highest BCUT2D eigenvalue weighted by Gasteiger charge is 2.08. The van der Waals surface area contributed by atoms with E-state index in [4.69, 9.17) is 16.1 Å². The number of nitrogens with zero attached hydrogens (tertiary/aromatic N) is 3. The quantitative estimate of drug-likeness (QED) is 0.455. The zero-order chi connectivity index (χ0) is 15.2. The molecule has 1 aromatic carbocycles. The fraction of sp³-hybridized carbons (Fsp3) is 0.333. The lowest BCUT2D eigenvalue weighted by molar-refractivity contribution is 0.373. The maximum Gasteiger partial charge on any atom is 0.194 e. The third-order valence-corrected chi connectivity index (χ3v) is 3.26. The average Bonchev–Trinajstić information content (AvgIpc) is 2.88. The molecular formula is C15H20ClIN4O. The second kappa shape index (κ2) is 8.99. The van der Waals surface area contributed by atoms with Gasteiger partial charge in [0.2, 0.25) is 0 Å². The maximum absolute atomic E-state index is 5.89. The first-order valence-electron chi connectivity index (χ1n) is 6.67. The first-order chi connectivity index (χ1) is 10.1. The van der Waals surface area contributed by atoms with E-state index in [1.165, 1.54) is 5.56 Å². The van der Waals surface area contributed by atoms with Gasteiger partial charge in [-0.05, 0) is 24.6 Å². The van der Waals surface area contributed by atoms with Gasteiger partial charge in [-0.25, -0.2) is 0 Å². The summed E-state index contributed by atoms with van der Waals surface area (Å²) < 4.78 is 5.17. The summed E-state index contributed by atoms with van der Waals surface area (Å²) >= 11 is 5.89. The summed E-state index contributed by atoms with van der Waals surface area (Å²) in [4.78, 5) is 6.30. The summed E-state index contributed by atoms with van der Waals surface area (Å²) in [6, 6.07) is 9.69. The molecule has 2 aromatic rings. The van der Waals surface area contributed by atoms with Crippen LogP contribution in [-0.2, 0) is 13.1 Å². The van der Waals surface area contributed by atoms with Gasteiger partial charge in [0.1, 0.15) is 0 Å². The van der Waals surface area contributed by atoms with E-state index in [0.29, 0.717) is 6.54 Å². The van der Waals surface area contributed by atoms with Gasteiger partial charge >= 0.3 is 0 Å². The van der Waals surface area contributed by atoms with E-state index in [-0.39, 0.29) is 24.0 Å². The molecule has 0 amide bonds. The molecule has 7 heteroatoms. The Labute approximate surface area is 152 Å². The summed E-state index contributed by atoms with van der Waals surface area (Å²) in [5, 5.41) is 7.85. The molecule has 1 N–H and O–H groups in total. The number of halogens is 2. The first-order valence-corrected chi connectivity index (χ1v) is 7.04. The summed E-state index contributed by atoms with van der Waals surface area (Å²) in [6.45, 7) is 3.19. The molecule has 0 spiro atoms. The van der Waals surface area contributed by atoms with Crippen LogP contribution in [0.15, 0.2) is 39.8 Å². The number of aryl methyl sites for hydroxylation is 1. The second-order valence-corrected chi connectivity index (χ2v) is 5.25. The van der Waals surface area contributed by atoms with Gasteiger partial charge in [0.25, 0.3) is 0 Å². The number of rotatable bonds is 4. The molecule has 0 saturated heterocycles. The highest BCUT2D eigenvalue weighted by atomic mass is 127. The fourth-order valence-corrected chi connectivity index (χ4v) is 2.12. The Morgan fingerprint density at radius 2 is 2.05 bits per heavy atom. The largest absolute Gasteiger partial charge is 0.359 e. The fourth-order valence-electron chi connectivity index (χ4n) is 1.99. The Morgan fingerprint density at radius 3 is 2.59 bits per heavy atom. The van der Waals surface area contributed by atoms with Crippen molar-refractivity contribution in [3.8, 4) is 0 Å². The van der Waals surface area contributed by atoms with Crippen LogP contribution in [0, 0.1) is 6.92 Å². The lowest BCUT2D eigenvalue weighted by Crippen LogP contribution is -2.37. The van der Waals surface area contributed by atoms with E-state index in [1.807, 2.05) is 49.2 Å². The smallest absolute Gasteiger partial charge is 0.194 e. The van der Waals surface area contributed by atoms with E-state index in [9.17, 15) is 0 Å². The molecule has 0 fully saturated rings. The molecule has 0 atom stereocenters. The van der Waals surface area contributed by atoms with Crippen LogP contribution in [-0.4, -0.2) is 30.1 Å². The van der Waals surface area contributed by atoms with Crippen molar-refractivity contribution in [3.63, 3.8) is 0 Å². The summed E-state index contributed by atoms with van der Waals surface area (Å²) in [6.07, 6.45) is 0. The topological polar surface area (TPSA) is 53.7 Å². The van der Waals surface area contributed by atoms with E-state index in [0.717, 1.165) is 29.0 Å². The van der Waals surface area contributed by atoms with Crippen LogP contribution >= 0.6 is 35.6 Å². The summed E-state index contributed by atoms with van der Waals surface area (Å²) in [5.74, 6) is 1.58. The Morgan fingerprint density at radius 1 is 1.36 bits per heavy atom. The van der Waals surface area contributed by atoms with Gasteiger partial charge in [-0.2, -0.15) is 0 Å². The lowest BCUT2D eigenvalue weighted by atomic mass is 10.2. The molecule has 0 bridgehead atoms. The molecular weight excluding hydrogens is 415 g/mol. The Bertz CT molecular complexity index is 612. The first kappa shape index (κ1) is 18.8. The van der Waals surface area contributed by atoms with E-state index in [2.05, 4.69) is 15.5 Å². The molecule has 5 nitrogen and oxygen atoms in total. The molecule has 0 radical (unpaired) electrons. The van der Waals surface area contributed by atoms with Crippen LogP contribution in [0.2, 0.25) is 5.02 Å². The van der Waals surface area contributed by atoms with Crippen LogP contribution in [0.1, 0.15) is 17.0 Å². The highest BCUT2D eigenvalue weighted by Crippen LogP contribution is 2.11. The Kier molecular flexibility index (Phi) is 7.67. The van der Waals surface area contributed by atoms with Gasteiger partial charge < -0.3 is 14.7 Å². The molecule has 2 rings (SSSR count). The summed E-state index contributed by atoms with van der Waals surface area (Å²) in [7, 11) is 3.74. The maximum atomic E-state index is 5.89. The van der Waals surface area contributed by atoms with Crippen molar-refractivity contribution in [1.29, 1.82) is 0 Å². The van der Waals surface area contributed by atoms with Gasteiger partial charge in [-0.1, -0.05) is 28.9 Å². The monoisotopic (exact) mass is 434 g/mol. The van der Waals surface area contributed by atoms with Gasteiger partial charge in [0, 0.05) is 31.7 Å². The third-order valence-electron chi connectivity index (χ3n) is 3.00. The molecule has 0 aliphatic heterocycles. The van der Waals surface area contributed by atoms with Crippen molar-refractivity contribution in [2.45, 2.75) is 20.0 Å².